The summed E-state index contributed by atoms with van der Waals surface area (Å²) in [7, 11) is 0. The third-order valence-electron chi connectivity index (χ3n) is 4.84. The number of amides is 1. The van der Waals surface area contributed by atoms with E-state index in [1.165, 1.54) is 31.3 Å². The van der Waals surface area contributed by atoms with Crippen molar-refractivity contribution in [3.8, 4) is 6.07 Å². The van der Waals surface area contributed by atoms with E-state index in [9.17, 15) is 18.0 Å². The van der Waals surface area contributed by atoms with E-state index in [-0.39, 0.29) is 28.5 Å². The van der Waals surface area contributed by atoms with Crippen LogP contribution in [0.4, 0.5) is 24.7 Å². The molecule has 1 amide bonds. The minimum Gasteiger partial charge on any atom is -0.397 e. The quantitative estimate of drug-likeness (QED) is 0.670. The van der Waals surface area contributed by atoms with E-state index in [0.717, 1.165) is 6.92 Å². The van der Waals surface area contributed by atoms with Crippen molar-refractivity contribution in [1.82, 2.24) is 9.97 Å². The average Bonchev–Trinajstić information content (AvgIpc) is 2.70. The standard InChI is InChI=1S/C19H18F3N7O2/c1-17(9-31-18(2,16(25)29-17)19(20,21)22)12-4-3-5-13(27-12)28-15(30)14-11(24)6-10(7-23)8-26-14/h3-6,8H,9,24H2,1-2H3,(H2,25,29)(H,27,28,30)/t17-,18+/m0/s1. The predicted molar refractivity (Wildman–Crippen MR) is 105 cm³/mol. The zero-order valence-electron chi connectivity index (χ0n) is 16.5. The summed E-state index contributed by atoms with van der Waals surface area (Å²) in [6.45, 7) is 1.90. The Labute approximate surface area is 174 Å². The summed E-state index contributed by atoms with van der Waals surface area (Å²) in [6.07, 6.45) is -3.54. The second-order valence-corrected chi connectivity index (χ2v) is 7.23. The fourth-order valence-electron chi connectivity index (χ4n) is 2.83. The largest absolute Gasteiger partial charge is 0.424 e. The van der Waals surface area contributed by atoms with Gasteiger partial charge in [-0.1, -0.05) is 6.07 Å². The lowest BCUT2D eigenvalue weighted by molar-refractivity contribution is -0.249. The molecule has 2 atom stereocenters. The van der Waals surface area contributed by atoms with Gasteiger partial charge < -0.3 is 21.5 Å². The topological polar surface area (TPSA) is 152 Å². The van der Waals surface area contributed by atoms with Gasteiger partial charge in [-0.3, -0.25) is 9.79 Å². The number of alkyl halides is 3. The fraction of sp³-hybridized carbons (Fsp3) is 0.316. The number of nitrogen functional groups attached to an aromatic ring is 1. The summed E-state index contributed by atoms with van der Waals surface area (Å²) in [6, 6.07) is 7.71. The van der Waals surface area contributed by atoms with Gasteiger partial charge in [-0.2, -0.15) is 18.4 Å². The Morgan fingerprint density at radius 1 is 1.32 bits per heavy atom. The van der Waals surface area contributed by atoms with Crippen LogP contribution in [0.25, 0.3) is 0 Å². The van der Waals surface area contributed by atoms with E-state index >= 15 is 0 Å². The molecule has 31 heavy (non-hydrogen) atoms. The number of nitrogens with two attached hydrogens (primary N) is 2. The van der Waals surface area contributed by atoms with Crippen LogP contribution in [0.2, 0.25) is 0 Å². The van der Waals surface area contributed by atoms with Gasteiger partial charge in [0.1, 0.15) is 23.3 Å². The number of nitrogens with one attached hydrogen (secondary N) is 1. The molecule has 0 radical (unpaired) electrons. The van der Waals surface area contributed by atoms with Crippen LogP contribution in [0.1, 0.15) is 35.6 Å². The van der Waals surface area contributed by atoms with E-state index in [2.05, 4.69) is 20.3 Å². The molecule has 0 fully saturated rings. The van der Waals surface area contributed by atoms with Crippen LogP contribution in [0.15, 0.2) is 35.5 Å². The van der Waals surface area contributed by atoms with Gasteiger partial charge >= 0.3 is 6.18 Å². The van der Waals surface area contributed by atoms with Gasteiger partial charge in [-0.05, 0) is 32.0 Å². The van der Waals surface area contributed by atoms with Gasteiger partial charge in [0.15, 0.2) is 5.69 Å². The summed E-state index contributed by atoms with van der Waals surface area (Å²) in [5.74, 6) is -1.31. The maximum atomic E-state index is 13.3. The number of aliphatic imine (C=N–C) groups is 1. The number of nitrogens with zero attached hydrogens (tertiary/aromatic N) is 4. The Balaban J connectivity index is 1.87. The molecule has 0 saturated heterocycles. The summed E-state index contributed by atoms with van der Waals surface area (Å²) in [4.78, 5) is 24.6. The third kappa shape index (κ3) is 3.99. The number of hydrogen-bond acceptors (Lipinski definition) is 8. The Hall–Kier alpha value is -3.72. The number of halogens is 3. The van der Waals surface area contributed by atoms with E-state index < -0.39 is 35.7 Å². The Bertz CT molecular complexity index is 1110. The van der Waals surface area contributed by atoms with Crippen molar-refractivity contribution in [2.75, 3.05) is 17.7 Å². The van der Waals surface area contributed by atoms with E-state index in [4.69, 9.17) is 21.5 Å². The molecule has 12 heteroatoms. The van der Waals surface area contributed by atoms with Gasteiger partial charge in [0.25, 0.3) is 5.91 Å². The van der Waals surface area contributed by atoms with Crippen LogP contribution in [0, 0.1) is 11.3 Å². The van der Waals surface area contributed by atoms with Crippen molar-refractivity contribution in [2.45, 2.75) is 31.2 Å². The van der Waals surface area contributed by atoms with Crippen LogP contribution >= 0.6 is 0 Å². The SMILES string of the molecule is C[C@@]1(c2cccc(NC(=O)c3ncc(C#N)cc3N)n2)CO[C@@](C)(C(F)(F)F)C(N)=N1. The zero-order valence-corrected chi connectivity index (χ0v) is 16.5. The minimum absolute atomic E-state index is 0.00385. The van der Waals surface area contributed by atoms with Gasteiger partial charge in [-0.15, -0.1) is 0 Å². The smallest absolute Gasteiger partial charge is 0.397 e. The van der Waals surface area contributed by atoms with E-state index in [1.807, 2.05) is 6.07 Å². The first-order valence-electron chi connectivity index (χ1n) is 8.90. The molecule has 0 saturated carbocycles. The summed E-state index contributed by atoms with van der Waals surface area (Å²) in [5.41, 5.74) is 7.69. The highest BCUT2D eigenvalue weighted by atomic mass is 19.4. The third-order valence-corrected chi connectivity index (χ3v) is 4.84. The summed E-state index contributed by atoms with van der Waals surface area (Å²) >= 11 is 0. The highest BCUT2D eigenvalue weighted by molar-refractivity contribution is 6.05. The number of anilines is 2. The highest BCUT2D eigenvalue weighted by Crippen LogP contribution is 2.40. The Morgan fingerprint density at radius 3 is 2.61 bits per heavy atom. The molecule has 0 bridgehead atoms. The van der Waals surface area contributed by atoms with Gasteiger partial charge in [0.05, 0.1) is 23.6 Å². The second-order valence-electron chi connectivity index (χ2n) is 7.23. The van der Waals surface area contributed by atoms with Crippen LogP contribution in [0.5, 0.6) is 0 Å². The molecule has 0 aliphatic carbocycles. The first-order valence-corrected chi connectivity index (χ1v) is 8.90. The Kier molecular flexibility index (Phi) is 5.33. The first-order chi connectivity index (χ1) is 14.4. The fourth-order valence-corrected chi connectivity index (χ4v) is 2.83. The van der Waals surface area contributed by atoms with Gasteiger partial charge in [-0.25, -0.2) is 9.97 Å². The average molecular weight is 433 g/mol. The van der Waals surface area contributed by atoms with E-state index in [1.54, 1.807) is 6.07 Å². The number of carbonyl (C=O) groups excluding carboxylic acids is 1. The molecule has 2 aromatic rings. The number of amidine groups is 1. The van der Waals surface area contributed by atoms with Crippen LogP contribution in [0.3, 0.4) is 0 Å². The first kappa shape index (κ1) is 22.0. The van der Waals surface area contributed by atoms with Crippen LogP contribution < -0.4 is 16.8 Å². The van der Waals surface area contributed by atoms with Gasteiger partial charge in [0, 0.05) is 6.20 Å². The molecular weight excluding hydrogens is 415 g/mol. The maximum absolute atomic E-state index is 13.3. The lowest BCUT2D eigenvalue weighted by atomic mass is 9.93. The van der Waals surface area contributed by atoms with Crippen molar-refractivity contribution in [1.29, 1.82) is 5.26 Å². The molecule has 1 aliphatic heterocycles. The number of rotatable bonds is 3. The number of carbonyl (C=O) groups is 1. The molecule has 1 aliphatic rings. The zero-order chi connectivity index (χ0) is 23.0. The molecule has 162 valence electrons. The van der Waals surface area contributed by atoms with Crippen molar-refractivity contribution in [3.05, 3.63) is 47.4 Å². The highest BCUT2D eigenvalue weighted by Gasteiger charge is 2.59. The minimum atomic E-state index is -4.74. The number of nitriles is 1. The van der Waals surface area contributed by atoms with Gasteiger partial charge in [0.2, 0.25) is 5.60 Å². The molecular formula is C19H18F3N7O2. The Morgan fingerprint density at radius 2 is 2.03 bits per heavy atom. The molecule has 5 N–H and O–H groups in total. The summed E-state index contributed by atoms with van der Waals surface area (Å²) in [5, 5.41) is 11.4. The molecule has 3 rings (SSSR count). The summed E-state index contributed by atoms with van der Waals surface area (Å²) < 4.78 is 45.0. The van der Waals surface area contributed by atoms with Crippen LogP contribution in [-0.2, 0) is 10.3 Å². The molecule has 0 spiro atoms. The normalized spacial score (nSPS) is 23.5. The van der Waals surface area contributed by atoms with Crippen molar-refractivity contribution >= 4 is 23.2 Å². The lowest BCUT2D eigenvalue weighted by Gasteiger charge is -2.40. The lowest BCUT2D eigenvalue weighted by Crippen LogP contribution is -2.60. The monoisotopic (exact) mass is 433 g/mol. The maximum Gasteiger partial charge on any atom is 0.424 e. The second kappa shape index (κ2) is 7.51. The molecule has 0 aromatic carbocycles. The van der Waals surface area contributed by atoms with Crippen molar-refractivity contribution in [3.63, 3.8) is 0 Å². The number of aromatic nitrogens is 2. The molecule has 0 unspecified atom stereocenters. The van der Waals surface area contributed by atoms with Crippen molar-refractivity contribution < 1.29 is 22.7 Å². The number of pyridine rings is 2. The number of hydrogen-bond donors (Lipinski definition) is 3. The van der Waals surface area contributed by atoms with Crippen LogP contribution in [-0.4, -0.2) is 40.1 Å². The number of ether oxygens (including phenoxy) is 1. The van der Waals surface area contributed by atoms with Crippen molar-refractivity contribution in [2.24, 2.45) is 10.7 Å². The molecule has 3 heterocycles. The molecule has 9 nitrogen and oxygen atoms in total. The van der Waals surface area contributed by atoms with E-state index in [0.29, 0.717) is 0 Å². The predicted octanol–water partition coefficient (Wildman–Crippen LogP) is 2.11. The molecule has 2 aromatic heterocycles.